The average molecular weight is 305 g/mol. The maximum absolute atomic E-state index is 10.7. The monoisotopic (exact) mass is 305 g/mol. The van der Waals surface area contributed by atoms with Gasteiger partial charge in [-0.3, -0.25) is 0 Å². The van der Waals surface area contributed by atoms with Gasteiger partial charge in [0.25, 0.3) is 0 Å². The minimum atomic E-state index is -1.04. The molecular weight excluding hydrogens is 288 g/mol. The number of phenolic OH excluding ortho intramolecular Hbond substituents is 1. The standard InChI is InChI=1S/C20H17O3/c21-17-13-7-12-16(19(22)14-8-3-1-4-9-14)18(17)20(23)15-10-5-2-6-11-15/h1-12,19-23H. The van der Waals surface area contributed by atoms with Crippen molar-refractivity contribution < 1.29 is 15.3 Å². The molecule has 3 N–H and O–H groups in total. The van der Waals surface area contributed by atoms with Crippen LogP contribution >= 0.6 is 0 Å². The molecule has 1 radical (unpaired) electrons. The van der Waals surface area contributed by atoms with Crippen LogP contribution in [0.15, 0.2) is 72.8 Å². The number of aliphatic hydroxyl groups excluding tert-OH is 2. The van der Waals surface area contributed by atoms with E-state index in [0.717, 1.165) is 0 Å². The molecule has 0 aliphatic rings. The largest absolute Gasteiger partial charge is 0.507 e. The molecule has 3 aromatic rings. The SMILES string of the molecule is Oc1[c]ccc(C(O)c2ccccc2)c1C(O)c1ccccc1. The quantitative estimate of drug-likeness (QED) is 0.692. The molecule has 115 valence electrons. The molecule has 3 rings (SSSR count). The van der Waals surface area contributed by atoms with E-state index in [0.29, 0.717) is 16.7 Å². The second-order valence-corrected chi connectivity index (χ2v) is 5.32. The Morgan fingerprint density at radius 3 is 1.78 bits per heavy atom. The lowest BCUT2D eigenvalue weighted by molar-refractivity contribution is 0.193. The summed E-state index contributed by atoms with van der Waals surface area (Å²) < 4.78 is 0. The Bertz CT molecular complexity index is 769. The Morgan fingerprint density at radius 1 is 0.696 bits per heavy atom. The molecule has 2 atom stereocenters. The fraction of sp³-hybridized carbons (Fsp3) is 0.100. The highest BCUT2D eigenvalue weighted by Gasteiger charge is 2.23. The van der Waals surface area contributed by atoms with Gasteiger partial charge in [-0.05, 0) is 16.7 Å². The summed E-state index contributed by atoms with van der Waals surface area (Å²) in [5.41, 5.74) is 2.07. The Morgan fingerprint density at radius 2 is 1.22 bits per heavy atom. The van der Waals surface area contributed by atoms with Crippen molar-refractivity contribution in [2.45, 2.75) is 12.2 Å². The van der Waals surface area contributed by atoms with E-state index < -0.39 is 12.2 Å². The van der Waals surface area contributed by atoms with E-state index in [9.17, 15) is 15.3 Å². The van der Waals surface area contributed by atoms with Crippen molar-refractivity contribution in [3.8, 4) is 5.75 Å². The smallest absolute Gasteiger partial charge is 0.130 e. The highest BCUT2D eigenvalue weighted by atomic mass is 16.3. The minimum Gasteiger partial charge on any atom is -0.507 e. The Balaban J connectivity index is 2.07. The summed E-state index contributed by atoms with van der Waals surface area (Å²) in [6.07, 6.45) is -1.98. The first-order valence-electron chi connectivity index (χ1n) is 7.38. The van der Waals surface area contributed by atoms with Crippen molar-refractivity contribution in [1.29, 1.82) is 0 Å². The molecule has 0 amide bonds. The van der Waals surface area contributed by atoms with Crippen LogP contribution in [0, 0.1) is 6.07 Å². The average Bonchev–Trinajstić information content (AvgIpc) is 2.62. The Labute approximate surface area is 135 Å². The molecule has 0 aliphatic heterocycles. The first-order chi connectivity index (χ1) is 11.2. The molecule has 0 aromatic heterocycles. The van der Waals surface area contributed by atoms with Crippen LogP contribution in [0.4, 0.5) is 0 Å². The van der Waals surface area contributed by atoms with E-state index in [1.54, 1.807) is 30.3 Å². The summed E-state index contributed by atoms with van der Waals surface area (Å²) in [6, 6.07) is 24.1. The van der Waals surface area contributed by atoms with Crippen LogP contribution in [0.1, 0.15) is 34.5 Å². The number of aliphatic hydroxyl groups is 2. The van der Waals surface area contributed by atoms with Gasteiger partial charge in [0.1, 0.15) is 18.0 Å². The highest BCUT2D eigenvalue weighted by molar-refractivity contribution is 5.47. The van der Waals surface area contributed by atoms with Crippen LogP contribution in [-0.2, 0) is 0 Å². The molecule has 0 bridgehead atoms. The fourth-order valence-electron chi connectivity index (χ4n) is 2.66. The van der Waals surface area contributed by atoms with Crippen molar-refractivity contribution >= 4 is 0 Å². The van der Waals surface area contributed by atoms with Crippen LogP contribution in [0.25, 0.3) is 0 Å². The topological polar surface area (TPSA) is 60.7 Å². The summed E-state index contributed by atoms with van der Waals surface area (Å²) >= 11 is 0. The van der Waals surface area contributed by atoms with Gasteiger partial charge in [0.15, 0.2) is 0 Å². The number of phenols is 1. The van der Waals surface area contributed by atoms with E-state index in [4.69, 9.17) is 0 Å². The third-order valence-electron chi connectivity index (χ3n) is 3.85. The zero-order valence-corrected chi connectivity index (χ0v) is 12.4. The maximum Gasteiger partial charge on any atom is 0.130 e. The second-order valence-electron chi connectivity index (χ2n) is 5.32. The molecule has 0 saturated carbocycles. The lowest BCUT2D eigenvalue weighted by Crippen LogP contribution is -2.09. The van der Waals surface area contributed by atoms with Crippen LogP contribution < -0.4 is 0 Å². The first kappa shape index (κ1) is 15.3. The fourth-order valence-corrected chi connectivity index (χ4v) is 2.66. The van der Waals surface area contributed by atoms with Crippen LogP contribution in [0.2, 0.25) is 0 Å². The van der Waals surface area contributed by atoms with E-state index in [1.165, 1.54) is 6.07 Å². The Hall–Kier alpha value is -2.62. The molecule has 0 fully saturated rings. The normalized spacial score (nSPS) is 13.5. The van der Waals surface area contributed by atoms with Gasteiger partial charge in [-0.2, -0.15) is 0 Å². The number of benzene rings is 3. The number of hydrogen-bond acceptors (Lipinski definition) is 3. The van der Waals surface area contributed by atoms with Gasteiger partial charge in [-0.25, -0.2) is 0 Å². The summed E-state index contributed by atoms with van der Waals surface area (Å²) in [5, 5.41) is 31.5. The van der Waals surface area contributed by atoms with Crippen molar-refractivity contribution in [1.82, 2.24) is 0 Å². The van der Waals surface area contributed by atoms with E-state index in [-0.39, 0.29) is 11.3 Å². The lowest BCUT2D eigenvalue weighted by atomic mass is 9.90. The summed E-state index contributed by atoms with van der Waals surface area (Å²) in [6.45, 7) is 0. The third-order valence-corrected chi connectivity index (χ3v) is 3.85. The zero-order chi connectivity index (χ0) is 16.2. The summed E-state index contributed by atoms with van der Waals surface area (Å²) in [4.78, 5) is 0. The summed E-state index contributed by atoms with van der Waals surface area (Å²) in [5.74, 6) is -0.158. The van der Waals surface area contributed by atoms with Crippen LogP contribution in [0.3, 0.4) is 0 Å². The van der Waals surface area contributed by atoms with Gasteiger partial charge in [0, 0.05) is 11.6 Å². The van der Waals surface area contributed by atoms with Crippen LogP contribution in [-0.4, -0.2) is 15.3 Å². The van der Waals surface area contributed by atoms with Gasteiger partial charge in [-0.1, -0.05) is 72.8 Å². The molecule has 3 heteroatoms. The van der Waals surface area contributed by atoms with Crippen molar-refractivity contribution in [2.24, 2.45) is 0 Å². The lowest BCUT2D eigenvalue weighted by Gasteiger charge is -2.21. The second kappa shape index (κ2) is 6.65. The van der Waals surface area contributed by atoms with Crippen molar-refractivity contribution in [3.63, 3.8) is 0 Å². The predicted octanol–water partition coefficient (Wildman–Crippen LogP) is 3.36. The Kier molecular flexibility index (Phi) is 4.42. The molecule has 0 saturated heterocycles. The number of rotatable bonds is 4. The van der Waals surface area contributed by atoms with Crippen LogP contribution in [0.5, 0.6) is 5.75 Å². The van der Waals surface area contributed by atoms with Gasteiger partial charge in [0.05, 0.1) is 0 Å². The molecule has 0 spiro atoms. The number of aromatic hydroxyl groups is 1. The van der Waals surface area contributed by atoms with Gasteiger partial charge in [-0.15, -0.1) is 0 Å². The van der Waals surface area contributed by atoms with Gasteiger partial charge < -0.3 is 15.3 Å². The highest BCUT2D eigenvalue weighted by Crippen LogP contribution is 2.36. The minimum absolute atomic E-state index is 0.158. The molecule has 2 unspecified atom stereocenters. The number of hydrogen-bond donors (Lipinski definition) is 3. The van der Waals surface area contributed by atoms with Crippen molar-refractivity contribution in [3.05, 3.63) is 101 Å². The molecule has 0 heterocycles. The van der Waals surface area contributed by atoms with E-state index in [1.807, 2.05) is 36.4 Å². The maximum atomic E-state index is 10.7. The molecule has 0 aliphatic carbocycles. The molecule has 3 aromatic carbocycles. The van der Waals surface area contributed by atoms with Crippen molar-refractivity contribution in [2.75, 3.05) is 0 Å². The van der Waals surface area contributed by atoms with Gasteiger partial charge in [0.2, 0.25) is 0 Å². The molecule has 3 nitrogen and oxygen atoms in total. The van der Waals surface area contributed by atoms with E-state index >= 15 is 0 Å². The third kappa shape index (κ3) is 3.11. The van der Waals surface area contributed by atoms with E-state index in [2.05, 4.69) is 6.07 Å². The van der Waals surface area contributed by atoms with Gasteiger partial charge >= 0.3 is 0 Å². The zero-order valence-electron chi connectivity index (χ0n) is 12.4. The predicted molar refractivity (Wildman–Crippen MR) is 88.0 cm³/mol. The summed E-state index contributed by atoms with van der Waals surface area (Å²) in [7, 11) is 0. The molecular formula is C20H17O3. The molecule has 23 heavy (non-hydrogen) atoms. The first-order valence-corrected chi connectivity index (χ1v) is 7.38.